The number of fused-ring (bicyclic) bond motifs is 6. The number of esters is 1. The third-order valence-electron chi connectivity index (χ3n) is 13.5. The molecular weight excluding hydrogens is 857 g/mol. The van der Waals surface area contributed by atoms with Gasteiger partial charge in [0.15, 0.2) is 5.60 Å². The smallest absolute Gasteiger partial charge is 0.324 e. The number of aliphatic hydroxyl groups is 1. The molecule has 3 aliphatic heterocycles. The Kier molecular flexibility index (Phi) is 14.1. The fraction of sp³-hybridized carbons (Fsp3) is 0.520. The fourth-order valence-electron chi connectivity index (χ4n) is 10.0. The zero-order valence-corrected chi connectivity index (χ0v) is 40.2. The van der Waals surface area contributed by atoms with Gasteiger partial charge in [0.25, 0.3) is 11.8 Å². The molecule has 17 heteroatoms. The second-order valence-corrected chi connectivity index (χ2v) is 19.5. The van der Waals surface area contributed by atoms with Crippen LogP contribution in [0.1, 0.15) is 83.7 Å². The third kappa shape index (κ3) is 9.86. The molecule has 0 radical (unpaired) electrons. The first-order chi connectivity index (χ1) is 31.7. The van der Waals surface area contributed by atoms with E-state index in [4.69, 9.17) is 14.6 Å². The summed E-state index contributed by atoms with van der Waals surface area (Å²) >= 11 is 0. The number of hydrazine groups is 1. The number of amides is 4. The number of phenols is 1. The lowest BCUT2D eigenvalue weighted by Gasteiger charge is -2.37. The molecule has 5 heterocycles. The predicted molar refractivity (Wildman–Crippen MR) is 252 cm³/mol. The predicted octanol–water partition coefficient (Wildman–Crippen LogP) is 4.42. The van der Waals surface area contributed by atoms with Gasteiger partial charge in [0.1, 0.15) is 29.6 Å². The fourth-order valence-corrected chi connectivity index (χ4v) is 10.0. The van der Waals surface area contributed by atoms with Gasteiger partial charge in [-0.1, -0.05) is 46.4 Å². The number of aromatic nitrogens is 3. The monoisotopic (exact) mass is 922 g/mol. The Morgan fingerprint density at radius 3 is 2.55 bits per heavy atom. The minimum Gasteiger partial charge on any atom is -0.508 e. The first-order valence-corrected chi connectivity index (χ1v) is 23.2. The number of nitrogens with one attached hydrogen (secondary N) is 2. The summed E-state index contributed by atoms with van der Waals surface area (Å²) in [7, 11) is 4.98. The van der Waals surface area contributed by atoms with E-state index in [1.165, 1.54) is 21.9 Å². The van der Waals surface area contributed by atoms with Gasteiger partial charge in [0.05, 0.1) is 24.9 Å². The molecule has 0 aliphatic carbocycles. The maximum atomic E-state index is 14.7. The highest BCUT2D eigenvalue weighted by molar-refractivity contribution is 5.97. The number of likely N-dealkylation sites (N-methyl/N-ethyl adjacent to an activating group) is 1. The number of ether oxygens (including phenoxy) is 2. The maximum absolute atomic E-state index is 14.7. The molecule has 4 amide bonds. The summed E-state index contributed by atoms with van der Waals surface area (Å²) in [5.41, 5.74) is 7.38. The van der Waals surface area contributed by atoms with Crippen molar-refractivity contribution in [2.75, 3.05) is 40.4 Å². The summed E-state index contributed by atoms with van der Waals surface area (Å²) in [5, 5.41) is 32.9. The molecule has 2 aromatic carbocycles. The van der Waals surface area contributed by atoms with E-state index in [-0.39, 0.29) is 50.9 Å². The quantitative estimate of drug-likeness (QED) is 0.130. The number of aromatic hydroxyl groups is 1. The molecular formula is C50H66N8O9. The summed E-state index contributed by atoms with van der Waals surface area (Å²) in [6.45, 7) is 16.1. The molecule has 6 bridgehead atoms. The Hall–Kier alpha value is -6.04. The van der Waals surface area contributed by atoms with Crippen LogP contribution in [0.4, 0.5) is 0 Å². The number of β-amino-alcohol motifs (C(OH)–C–C–N with tert-alkyl or cyclic N) is 1. The van der Waals surface area contributed by atoms with Gasteiger partial charge >= 0.3 is 5.97 Å². The topological polar surface area (TPSA) is 201 Å². The van der Waals surface area contributed by atoms with Gasteiger partial charge in [0, 0.05) is 81.8 Å². The molecule has 4 aromatic rings. The number of cyclic esters (lactones) is 1. The second-order valence-electron chi connectivity index (χ2n) is 19.5. The number of nitrogens with zero attached hydrogens (tertiary/aromatic N) is 6. The van der Waals surface area contributed by atoms with Gasteiger partial charge < -0.3 is 39.4 Å². The zero-order chi connectivity index (χ0) is 48.7. The van der Waals surface area contributed by atoms with Gasteiger partial charge in [-0.25, -0.2) is 5.43 Å². The first kappa shape index (κ1) is 48.9. The van der Waals surface area contributed by atoms with Crippen LogP contribution in [0.25, 0.3) is 33.3 Å². The number of hydrogen-bond acceptors (Lipinski definition) is 11. The standard InChI is InChI=1S/C50H66N8O9/c1-11-41(60)56-19-17-50(65,27-56)48(64)55(9)43(29(3)4)45(61)51-39-22-31-20-33(23-34(59)21-31)32-15-16-40-35(24-32)36(44(57(40)12-2)37-26-54(8)53-42(37)30(5)66-10)25-49(6,7)28-67-47(63)38-14-13-18-58(52-38)46(39)62/h11,15-16,20-21,23-24,26,29-30,38-39,43,52,59,65H,1,12-14,17-19,22,25,27-28H2,2-10H3,(H,51,61)/t30-,38-,39-,43-,50+/m0/s1. The van der Waals surface area contributed by atoms with E-state index in [0.29, 0.717) is 36.9 Å². The molecule has 4 N–H and O–H groups in total. The van der Waals surface area contributed by atoms with E-state index in [0.717, 1.165) is 45.1 Å². The molecule has 2 fully saturated rings. The molecule has 0 unspecified atom stereocenters. The minimum atomic E-state index is -1.93. The van der Waals surface area contributed by atoms with Crippen LogP contribution in [0.3, 0.4) is 0 Å². The van der Waals surface area contributed by atoms with E-state index in [9.17, 15) is 34.2 Å². The Morgan fingerprint density at radius 2 is 1.87 bits per heavy atom. The number of phenolic OH excluding ortho intramolecular Hbond substituents is 1. The van der Waals surface area contributed by atoms with Gasteiger partial charge in [-0.05, 0) is 91.6 Å². The van der Waals surface area contributed by atoms with E-state index < -0.39 is 64.7 Å². The first-order valence-electron chi connectivity index (χ1n) is 23.2. The molecule has 5 atom stereocenters. The second kappa shape index (κ2) is 19.3. The van der Waals surface area contributed by atoms with Crippen LogP contribution < -0.4 is 10.7 Å². The van der Waals surface area contributed by atoms with Crippen molar-refractivity contribution in [1.29, 1.82) is 0 Å². The lowest BCUT2D eigenvalue weighted by molar-refractivity contribution is -0.156. The summed E-state index contributed by atoms with van der Waals surface area (Å²) in [6, 6.07) is 8.07. The summed E-state index contributed by atoms with van der Waals surface area (Å²) in [4.78, 5) is 72.0. The van der Waals surface area contributed by atoms with Crippen LogP contribution in [-0.4, -0.2) is 133 Å². The van der Waals surface area contributed by atoms with Gasteiger partial charge in [-0.2, -0.15) is 5.10 Å². The number of benzene rings is 2. The number of rotatable bonds is 10. The molecule has 67 heavy (non-hydrogen) atoms. The molecule has 17 nitrogen and oxygen atoms in total. The normalized spacial score (nSPS) is 22.0. The van der Waals surface area contributed by atoms with Crippen molar-refractivity contribution in [2.24, 2.45) is 18.4 Å². The van der Waals surface area contributed by atoms with Crippen molar-refractivity contribution in [2.45, 2.75) is 110 Å². The van der Waals surface area contributed by atoms with Crippen molar-refractivity contribution in [3.05, 3.63) is 72.1 Å². The number of hydrogen-bond donors (Lipinski definition) is 4. The lowest BCUT2D eigenvalue weighted by Crippen LogP contribution is -2.63. The van der Waals surface area contributed by atoms with Gasteiger partial charge in [-0.15, -0.1) is 0 Å². The molecule has 0 saturated carbocycles. The Balaban J connectivity index is 1.31. The van der Waals surface area contributed by atoms with Crippen LogP contribution in [-0.2, 0) is 59.9 Å². The van der Waals surface area contributed by atoms with Crippen molar-refractivity contribution in [3.63, 3.8) is 0 Å². The minimum absolute atomic E-state index is 0.0240. The van der Waals surface area contributed by atoms with Crippen LogP contribution >= 0.6 is 0 Å². The molecule has 7 rings (SSSR count). The van der Waals surface area contributed by atoms with Crippen molar-refractivity contribution in [3.8, 4) is 28.1 Å². The highest BCUT2D eigenvalue weighted by Gasteiger charge is 2.48. The van der Waals surface area contributed by atoms with Crippen molar-refractivity contribution >= 4 is 40.5 Å². The maximum Gasteiger partial charge on any atom is 0.324 e. The largest absolute Gasteiger partial charge is 0.508 e. The molecule has 0 spiro atoms. The molecule has 360 valence electrons. The highest BCUT2D eigenvalue weighted by Crippen LogP contribution is 2.42. The number of methoxy groups -OCH3 is 1. The van der Waals surface area contributed by atoms with E-state index in [1.807, 2.05) is 32.3 Å². The highest BCUT2D eigenvalue weighted by atomic mass is 16.5. The van der Waals surface area contributed by atoms with Crippen molar-refractivity contribution < 1.29 is 43.7 Å². The summed E-state index contributed by atoms with van der Waals surface area (Å²) in [5.74, 6) is -3.35. The van der Waals surface area contributed by atoms with Crippen molar-refractivity contribution in [1.82, 2.24) is 39.9 Å². The van der Waals surface area contributed by atoms with Gasteiger partial charge in [0.2, 0.25) is 11.8 Å². The Labute approximate surface area is 392 Å². The van der Waals surface area contributed by atoms with Gasteiger partial charge in [-0.3, -0.25) is 33.7 Å². The number of carbonyl (C=O) groups is 5. The number of aryl methyl sites for hydroxylation is 2. The number of carbonyl (C=O) groups excluding carboxylic acids is 5. The SMILES string of the molecule is C=CC(=O)N1CC[C@](O)(C(=O)N(C)[C@H](C(=O)N[C@H]2Cc3cc(O)cc(c3)-c3ccc4c(c3)c(c(-c3cn(C)nc3[C@H](C)OC)n4CC)CC(C)(C)COC(=O)[C@@H]3CCCN(N3)C2=O)C(C)C)C1. The average Bonchev–Trinajstić information content (AvgIpc) is 3.98. The van der Waals surface area contributed by atoms with E-state index >= 15 is 0 Å². The Bertz CT molecular complexity index is 2580. The van der Waals surface area contributed by atoms with Crippen LogP contribution in [0.15, 0.2) is 55.3 Å². The van der Waals surface area contributed by atoms with Crippen LogP contribution in [0.5, 0.6) is 5.75 Å². The average molecular weight is 923 g/mol. The summed E-state index contributed by atoms with van der Waals surface area (Å²) < 4.78 is 16.0. The number of likely N-dealkylation sites (tertiary alicyclic amines) is 1. The van der Waals surface area contributed by atoms with Crippen LogP contribution in [0, 0.1) is 11.3 Å². The zero-order valence-electron chi connectivity index (χ0n) is 40.2. The third-order valence-corrected chi connectivity index (χ3v) is 13.5. The van der Waals surface area contributed by atoms with E-state index in [1.54, 1.807) is 37.8 Å². The van der Waals surface area contributed by atoms with Crippen LogP contribution in [0.2, 0.25) is 0 Å². The summed E-state index contributed by atoms with van der Waals surface area (Å²) in [6.07, 6.45) is 4.16. The van der Waals surface area contributed by atoms with E-state index in [2.05, 4.69) is 54.8 Å². The lowest BCUT2D eigenvalue weighted by atomic mass is 9.84. The molecule has 2 saturated heterocycles. The molecule has 3 aliphatic rings. The molecule has 2 aromatic heterocycles. The Morgan fingerprint density at radius 1 is 1.12 bits per heavy atom.